The molecule has 0 unspecified atom stereocenters. The van der Waals surface area contributed by atoms with Crippen LogP contribution in [0.4, 0.5) is 11.4 Å². The number of nitrogens with two attached hydrogens (primary N) is 1. The zero-order chi connectivity index (χ0) is 12.8. The number of nitrogens with zero attached hydrogens (tertiary/aromatic N) is 1. The standard InChI is InChI=1S/C14H22N2O/c1-4-6-9-16(5-2)12-7-8-14(15)13(10-12)11(3)17/h7-8,10H,4-6,9,15H2,1-3H3. The van der Waals surface area contributed by atoms with E-state index in [4.69, 9.17) is 5.73 Å². The molecule has 17 heavy (non-hydrogen) atoms. The van der Waals surface area contributed by atoms with Gasteiger partial charge in [0.15, 0.2) is 5.78 Å². The number of unbranched alkanes of at least 4 members (excludes halogenated alkanes) is 1. The van der Waals surface area contributed by atoms with Crippen molar-refractivity contribution in [2.45, 2.75) is 33.6 Å². The highest BCUT2D eigenvalue weighted by atomic mass is 16.1. The van der Waals surface area contributed by atoms with Gasteiger partial charge in [0.2, 0.25) is 0 Å². The number of Topliss-reactive ketones (excluding diaryl/α,β-unsaturated/α-hetero) is 1. The Kier molecular flexibility index (Phi) is 5.01. The van der Waals surface area contributed by atoms with E-state index in [0.29, 0.717) is 11.3 Å². The third kappa shape index (κ3) is 3.48. The minimum Gasteiger partial charge on any atom is -0.398 e. The molecule has 0 radical (unpaired) electrons. The first-order valence-electron chi connectivity index (χ1n) is 6.25. The molecule has 0 saturated carbocycles. The summed E-state index contributed by atoms with van der Waals surface area (Å²) < 4.78 is 0. The van der Waals surface area contributed by atoms with Gasteiger partial charge in [-0.15, -0.1) is 0 Å². The lowest BCUT2D eigenvalue weighted by atomic mass is 10.1. The number of carbonyl (C=O) groups excluding carboxylic acids is 1. The molecule has 2 N–H and O–H groups in total. The summed E-state index contributed by atoms with van der Waals surface area (Å²) in [7, 11) is 0. The molecular weight excluding hydrogens is 212 g/mol. The molecule has 0 aliphatic rings. The van der Waals surface area contributed by atoms with Crippen molar-refractivity contribution in [1.29, 1.82) is 0 Å². The summed E-state index contributed by atoms with van der Waals surface area (Å²) in [5.74, 6) is 0.0240. The minimum atomic E-state index is 0.0240. The van der Waals surface area contributed by atoms with Gasteiger partial charge in [0.05, 0.1) is 0 Å². The molecule has 0 amide bonds. The summed E-state index contributed by atoms with van der Waals surface area (Å²) in [5, 5.41) is 0. The molecule has 1 aromatic rings. The minimum absolute atomic E-state index is 0.0240. The summed E-state index contributed by atoms with van der Waals surface area (Å²) in [6, 6.07) is 5.71. The SMILES string of the molecule is CCCCN(CC)c1ccc(N)c(C(C)=O)c1. The van der Waals surface area contributed by atoms with E-state index in [1.165, 1.54) is 6.42 Å². The highest BCUT2D eigenvalue weighted by molar-refractivity contribution is 6.00. The van der Waals surface area contributed by atoms with Crippen molar-refractivity contribution in [3.63, 3.8) is 0 Å². The Bertz CT molecular complexity index is 388. The molecular formula is C14H22N2O. The fraction of sp³-hybridized carbons (Fsp3) is 0.500. The summed E-state index contributed by atoms with van der Waals surface area (Å²) in [6.45, 7) is 7.82. The smallest absolute Gasteiger partial charge is 0.161 e. The van der Waals surface area contributed by atoms with Gasteiger partial charge in [-0.05, 0) is 38.5 Å². The van der Waals surface area contributed by atoms with Crippen LogP contribution in [0.2, 0.25) is 0 Å². The number of carbonyl (C=O) groups is 1. The van der Waals surface area contributed by atoms with Crippen LogP contribution in [0, 0.1) is 0 Å². The Morgan fingerprint density at radius 2 is 2.06 bits per heavy atom. The van der Waals surface area contributed by atoms with Gasteiger partial charge in [-0.2, -0.15) is 0 Å². The molecule has 3 nitrogen and oxygen atoms in total. The number of anilines is 2. The predicted molar refractivity (Wildman–Crippen MR) is 73.7 cm³/mol. The Morgan fingerprint density at radius 1 is 1.35 bits per heavy atom. The van der Waals surface area contributed by atoms with Gasteiger partial charge in [-0.3, -0.25) is 4.79 Å². The Morgan fingerprint density at radius 3 is 2.59 bits per heavy atom. The molecule has 0 saturated heterocycles. The largest absolute Gasteiger partial charge is 0.398 e. The molecule has 0 heterocycles. The summed E-state index contributed by atoms with van der Waals surface area (Å²) in [5.41, 5.74) is 8.06. The highest BCUT2D eigenvalue weighted by Crippen LogP contribution is 2.22. The monoisotopic (exact) mass is 234 g/mol. The Balaban J connectivity index is 2.96. The predicted octanol–water partition coefficient (Wildman–Crippen LogP) is 3.10. The molecule has 0 atom stereocenters. The Hall–Kier alpha value is -1.51. The number of ketones is 1. The number of benzene rings is 1. The van der Waals surface area contributed by atoms with Crippen molar-refractivity contribution in [3.05, 3.63) is 23.8 Å². The van der Waals surface area contributed by atoms with Crippen LogP contribution >= 0.6 is 0 Å². The lowest BCUT2D eigenvalue weighted by Gasteiger charge is -2.23. The van der Waals surface area contributed by atoms with E-state index < -0.39 is 0 Å². The molecule has 0 aliphatic carbocycles. The van der Waals surface area contributed by atoms with E-state index in [1.54, 1.807) is 6.92 Å². The Labute approximate surface area is 104 Å². The number of hydrogen-bond acceptors (Lipinski definition) is 3. The van der Waals surface area contributed by atoms with Crippen molar-refractivity contribution in [3.8, 4) is 0 Å². The number of nitrogen functional groups attached to an aromatic ring is 1. The van der Waals surface area contributed by atoms with Gasteiger partial charge in [0.25, 0.3) is 0 Å². The maximum atomic E-state index is 11.4. The van der Waals surface area contributed by atoms with Gasteiger partial charge >= 0.3 is 0 Å². The fourth-order valence-corrected chi connectivity index (χ4v) is 1.86. The number of rotatable bonds is 6. The first-order valence-corrected chi connectivity index (χ1v) is 6.25. The molecule has 0 aromatic heterocycles. The van der Waals surface area contributed by atoms with Crippen molar-refractivity contribution in [1.82, 2.24) is 0 Å². The van der Waals surface area contributed by atoms with Crippen LogP contribution < -0.4 is 10.6 Å². The van der Waals surface area contributed by atoms with Crippen LogP contribution in [-0.2, 0) is 0 Å². The molecule has 0 bridgehead atoms. The molecule has 0 spiro atoms. The average Bonchev–Trinajstić information content (AvgIpc) is 2.31. The maximum absolute atomic E-state index is 11.4. The van der Waals surface area contributed by atoms with Crippen molar-refractivity contribution < 1.29 is 4.79 Å². The molecule has 0 aliphatic heterocycles. The molecule has 3 heteroatoms. The van der Waals surface area contributed by atoms with E-state index in [-0.39, 0.29) is 5.78 Å². The fourth-order valence-electron chi connectivity index (χ4n) is 1.86. The molecule has 94 valence electrons. The third-order valence-corrected chi connectivity index (χ3v) is 2.94. The average molecular weight is 234 g/mol. The molecule has 1 rings (SSSR count). The first kappa shape index (κ1) is 13.6. The number of hydrogen-bond donors (Lipinski definition) is 1. The second-order valence-electron chi connectivity index (χ2n) is 4.26. The molecule has 0 fully saturated rings. The van der Waals surface area contributed by atoms with E-state index in [0.717, 1.165) is 25.2 Å². The summed E-state index contributed by atoms with van der Waals surface area (Å²) in [6.07, 6.45) is 2.33. The molecule has 1 aromatic carbocycles. The van der Waals surface area contributed by atoms with Crippen LogP contribution in [-0.4, -0.2) is 18.9 Å². The normalized spacial score (nSPS) is 10.3. The van der Waals surface area contributed by atoms with Gasteiger partial charge in [-0.25, -0.2) is 0 Å². The second kappa shape index (κ2) is 6.28. The lowest BCUT2D eigenvalue weighted by Crippen LogP contribution is -2.24. The van der Waals surface area contributed by atoms with E-state index in [9.17, 15) is 4.79 Å². The maximum Gasteiger partial charge on any atom is 0.161 e. The summed E-state index contributed by atoms with van der Waals surface area (Å²) >= 11 is 0. The van der Waals surface area contributed by atoms with E-state index >= 15 is 0 Å². The van der Waals surface area contributed by atoms with E-state index in [2.05, 4.69) is 18.7 Å². The van der Waals surface area contributed by atoms with Gasteiger partial charge in [-0.1, -0.05) is 13.3 Å². The third-order valence-electron chi connectivity index (χ3n) is 2.94. The van der Waals surface area contributed by atoms with E-state index in [1.807, 2.05) is 18.2 Å². The zero-order valence-corrected chi connectivity index (χ0v) is 11.0. The quantitative estimate of drug-likeness (QED) is 0.607. The van der Waals surface area contributed by atoms with Crippen molar-refractivity contribution in [2.75, 3.05) is 23.7 Å². The van der Waals surface area contributed by atoms with Crippen LogP contribution in [0.5, 0.6) is 0 Å². The van der Waals surface area contributed by atoms with Crippen LogP contribution in [0.3, 0.4) is 0 Å². The van der Waals surface area contributed by atoms with Crippen LogP contribution in [0.15, 0.2) is 18.2 Å². The lowest BCUT2D eigenvalue weighted by molar-refractivity contribution is 0.101. The van der Waals surface area contributed by atoms with Gasteiger partial charge in [0.1, 0.15) is 0 Å². The van der Waals surface area contributed by atoms with Crippen LogP contribution in [0.1, 0.15) is 44.0 Å². The summed E-state index contributed by atoms with van der Waals surface area (Å²) in [4.78, 5) is 13.7. The van der Waals surface area contributed by atoms with Crippen LogP contribution in [0.25, 0.3) is 0 Å². The van der Waals surface area contributed by atoms with Gasteiger partial charge in [0, 0.05) is 30.0 Å². The second-order valence-corrected chi connectivity index (χ2v) is 4.26. The van der Waals surface area contributed by atoms with Gasteiger partial charge < -0.3 is 10.6 Å². The van der Waals surface area contributed by atoms with Crippen molar-refractivity contribution >= 4 is 17.2 Å². The highest BCUT2D eigenvalue weighted by Gasteiger charge is 2.09. The van der Waals surface area contributed by atoms with Crippen molar-refractivity contribution in [2.24, 2.45) is 0 Å². The zero-order valence-electron chi connectivity index (χ0n) is 11.0. The topological polar surface area (TPSA) is 46.3 Å². The first-order chi connectivity index (χ1) is 8.10.